The van der Waals surface area contributed by atoms with Crippen molar-refractivity contribution in [1.82, 2.24) is 0 Å². The van der Waals surface area contributed by atoms with E-state index in [0.717, 1.165) is 0 Å². The quantitative estimate of drug-likeness (QED) is 0.583. The summed E-state index contributed by atoms with van der Waals surface area (Å²) in [7, 11) is 0. The normalized spacial score (nSPS) is 10.7. The fourth-order valence-electron chi connectivity index (χ4n) is 1.35. The zero-order valence-corrected chi connectivity index (χ0v) is 11.5. The first-order valence-corrected chi connectivity index (χ1v) is 6.18. The van der Waals surface area contributed by atoms with Gasteiger partial charge < -0.3 is 0 Å². The van der Waals surface area contributed by atoms with Crippen LogP contribution in [0.15, 0.2) is 30.3 Å². The minimum atomic E-state index is 1.30. The molecule has 0 saturated carbocycles. The summed E-state index contributed by atoms with van der Waals surface area (Å²) in [4.78, 5) is 0. The minimum Gasteiger partial charge on any atom is -0.0533 e. The molecule has 13 heavy (non-hydrogen) atoms. The van der Waals surface area contributed by atoms with Crippen LogP contribution in [-0.4, -0.2) is 0 Å². The molecular formula is C11H8I2. The monoisotopic (exact) mass is 394 g/mol. The van der Waals surface area contributed by atoms with Crippen LogP contribution in [-0.2, 0) is 0 Å². The smallest absolute Gasteiger partial charge is 0.0165 e. The minimum absolute atomic E-state index is 1.30. The Balaban J connectivity index is 2.81. The van der Waals surface area contributed by atoms with E-state index in [1.807, 2.05) is 0 Å². The number of benzene rings is 2. The van der Waals surface area contributed by atoms with E-state index in [-0.39, 0.29) is 0 Å². The summed E-state index contributed by atoms with van der Waals surface area (Å²) in [6.07, 6.45) is 0. The molecule has 2 aromatic carbocycles. The van der Waals surface area contributed by atoms with Crippen LogP contribution in [0, 0.1) is 14.1 Å². The van der Waals surface area contributed by atoms with Gasteiger partial charge in [-0.3, -0.25) is 0 Å². The van der Waals surface area contributed by atoms with Gasteiger partial charge in [0.1, 0.15) is 0 Å². The molecule has 0 radical (unpaired) electrons. The molecule has 0 N–H and O–H groups in total. The third-order valence-electron chi connectivity index (χ3n) is 2.08. The van der Waals surface area contributed by atoms with Crippen LogP contribution in [0.25, 0.3) is 10.8 Å². The van der Waals surface area contributed by atoms with Crippen LogP contribution >= 0.6 is 45.2 Å². The van der Waals surface area contributed by atoms with E-state index in [0.29, 0.717) is 0 Å². The van der Waals surface area contributed by atoms with E-state index in [1.165, 1.54) is 23.5 Å². The van der Waals surface area contributed by atoms with Crippen molar-refractivity contribution in [2.45, 2.75) is 6.92 Å². The molecule has 0 bridgehead atoms. The Morgan fingerprint density at radius 1 is 0.923 bits per heavy atom. The highest BCUT2D eigenvalue weighted by molar-refractivity contribution is 14.1. The van der Waals surface area contributed by atoms with Gasteiger partial charge in [-0.1, -0.05) is 12.1 Å². The summed E-state index contributed by atoms with van der Waals surface area (Å²) in [5.74, 6) is 0. The van der Waals surface area contributed by atoms with Crippen LogP contribution in [0.2, 0.25) is 0 Å². The van der Waals surface area contributed by atoms with Crippen LogP contribution in [0.4, 0.5) is 0 Å². The molecule has 2 rings (SSSR count). The number of hydrogen-bond acceptors (Lipinski definition) is 0. The van der Waals surface area contributed by atoms with Crippen molar-refractivity contribution in [3.8, 4) is 0 Å². The largest absolute Gasteiger partial charge is 0.0533 e. The Hall–Kier alpha value is 0.160. The second kappa shape index (κ2) is 3.73. The summed E-state index contributed by atoms with van der Waals surface area (Å²) in [5.41, 5.74) is 1.36. The van der Waals surface area contributed by atoms with E-state index in [9.17, 15) is 0 Å². The Morgan fingerprint density at radius 3 is 2.46 bits per heavy atom. The topological polar surface area (TPSA) is 0 Å². The Morgan fingerprint density at radius 2 is 1.69 bits per heavy atom. The van der Waals surface area contributed by atoms with Gasteiger partial charge in [0.25, 0.3) is 0 Å². The molecule has 0 unspecified atom stereocenters. The highest BCUT2D eigenvalue weighted by atomic mass is 127. The molecule has 2 aromatic rings. The zero-order chi connectivity index (χ0) is 9.42. The molecule has 0 atom stereocenters. The van der Waals surface area contributed by atoms with Crippen molar-refractivity contribution >= 4 is 56.0 Å². The molecule has 66 valence electrons. The Kier molecular flexibility index (Phi) is 2.78. The highest BCUT2D eigenvalue weighted by Crippen LogP contribution is 2.22. The lowest BCUT2D eigenvalue weighted by Gasteiger charge is -2.02. The lowest BCUT2D eigenvalue weighted by atomic mass is 10.1. The first kappa shape index (κ1) is 9.71. The van der Waals surface area contributed by atoms with Crippen LogP contribution in [0.1, 0.15) is 5.56 Å². The maximum absolute atomic E-state index is 2.38. The van der Waals surface area contributed by atoms with E-state index < -0.39 is 0 Å². The molecule has 0 aliphatic carbocycles. The van der Waals surface area contributed by atoms with Crippen molar-refractivity contribution in [1.29, 1.82) is 0 Å². The molecule has 0 nitrogen and oxygen atoms in total. The van der Waals surface area contributed by atoms with Crippen LogP contribution < -0.4 is 0 Å². The molecule has 0 aliphatic heterocycles. The Labute approximate surface area is 105 Å². The van der Waals surface area contributed by atoms with Gasteiger partial charge >= 0.3 is 0 Å². The van der Waals surface area contributed by atoms with Gasteiger partial charge in [-0.05, 0) is 86.6 Å². The number of halogens is 2. The van der Waals surface area contributed by atoms with E-state index in [1.54, 1.807) is 0 Å². The van der Waals surface area contributed by atoms with Gasteiger partial charge in [0, 0.05) is 7.14 Å². The predicted octanol–water partition coefficient (Wildman–Crippen LogP) is 4.36. The molecule has 2 heteroatoms. The first-order valence-electron chi connectivity index (χ1n) is 4.02. The maximum Gasteiger partial charge on any atom is 0.0165 e. The molecule has 0 heterocycles. The fourth-order valence-corrected chi connectivity index (χ4v) is 2.36. The second-order valence-electron chi connectivity index (χ2n) is 3.09. The number of rotatable bonds is 0. The standard InChI is InChI=1S/C11H8I2/c1-7-4-8-2-3-10(12)5-9(8)6-11(7)13/h2-6H,1H3. The van der Waals surface area contributed by atoms with E-state index in [4.69, 9.17) is 0 Å². The number of fused-ring (bicyclic) bond motifs is 1. The zero-order valence-electron chi connectivity index (χ0n) is 7.14. The van der Waals surface area contributed by atoms with E-state index in [2.05, 4.69) is 82.4 Å². The van der Waals surface area contributed by atoms with Gasteiger partial charge in [0.2, 0.25) is 0 Å². The summed E-state index contributed by atoms with van der Waals surface area (Å²) in [5, 5.41) is 2.67. The molecule has 0 spiro atoms. The van der Waals surface area contributed by atoms with Gasteiger partial charge in [-0.25, -0.2) is 0 Å². The third kappa shape index (κ3) is 1.98. The average Bonchev–Trinajstić information content (AvgIpc) is 2.08. The van der Waals surface area contributed by atoms with Crippen LogP contribution in [0.3, 0.4) is 0 Å². The van der Waals surface area contributed by atoms with Crippen molar-refractivity contribution in [3.05, 3.63) is 43.0 Å². The van der Waals surface area contributed by atoms with Crippen LogP contribution in [0.5, 0.6) is 0 Å². The van der Waals surface area contributed by atoms with Crippen molar-refractivity contribution in [2.75, 3.05) is 0 Å². The van der Waals surface area contributed by atoms with Crippen molar-refractivity contribution in [3.63, 3.8) is 0 Å². The number of hydrogen-bond donors (Lipinski definition) is 0. The average molecular weight is 394 g/mol. The molecular weight excluding hydrogens is 386 g/mol. The molecule has 0 aliphatic rings. The highest BCUT2D eigenvalue weighted by Gasteiger charge is 1.98. The summed E-state index contributed by atoms with van der Waals surface area (Å²) in [6.45, 7) is 2.15. The molecule has 0 amide bonds. The summed E-state index contributed by atoms with van der Waals surface area (Å²) < 4.78 is 2.64. The van der Waals surface area contributed by atoms with Crippen molar-refractivity contribution < 1.29 is 0 Å². The second-order valence-corrected chi connectivity index (χ2v) is 5.50. The van der Waals surface area contributed by atoms with Gasteiger partial charge in [0.05, 0.1) is 0 Å². The Bertz CT molecular complexity index is 461. The lowest BCUT2D eigenvalue weighted by molar-refractivity contribution is 1.46. The maximum atomic E-state index is 2.38. The lowest BCUT2D eigenvalue weighted by Crippen LogP contribution is -1.82. The predicted molar refractivity (Wildman–Crippen MR) is 74.1 cm³/mol. The first-order chi connectivity index (χ1) is 6.16. The summed E-state index contributed by atoms with van der Waals surface area (Å²) >= 11 is 4.73. The van der Waals surface area contributed by atoms with Gasteiger partial charge in [-0.15, -0.1) is 0 Å². The summed E-state index contributed by atoms with van der Waals surface area (Å²) in [6, 6.07) is 11.0. The molecule has 0 aromatic heterocycles. The van der Waals surface area contributed by atoms with Crippen molar-refractivity contribution in [2.24, 2.45) is 0 Å². The third-order valence-corrected chi connectivity index (χ3v) is 3.91. The molecule has 0 saturated heterocycles. The SMILES string of the molecule is Cc1cc2ccc(I)cc2cc1I. The van der Waals surface area contributed by atoms with Gasteiger partial charge in [-0.2, -0.15) is 0 Å². The fraction of sp³-hybridized carbons (Fsp3) is 0.0909. The van der Waals surface area contributed by atoms with Gasteiger partial charge in [0.15, 0.2) is 0 Å². The number of aryl methyl sites for hydroxylation is 1. The molecule has 0 fully saturated rings. The van der Waals surface area contributed by atoms with E-state index >= 15 is 0 Å².